The zero-order valence-electron chi connectivity index (χ0n) is 8.76. The first-order chi connectivity index (χ1) is 8.22. The Morgan fingerprint density at radius 1 is 0.778 bits per heavy atom. The number of carbonyl (C=O) groups is 2. The minimum Gasteiger partial charge on any atom is -0.345 e. The molecule has 0 atom stereocenters. The van der Waals surface area contributed by atoms with Gasteiger partial charge < -0.3 is 20.4 Å². The molecule has 3 rings (SSSR count). The minimum atomic E-state index is -2.59. The molecule has 2 aliphatic rings. The zero-order chi connectivity index (χ0) is 13.3. The molecule has 0 aromatic heterocycles. The molecule has 2 heterocycles. The highest BCUT2D eigenvalue weighted by Gasteiger charge is 2.46. The highest BCUT2D eigenvalue weighted by Crippen LogP contribution is 2.35. The molecule has 0 aliphatic carbocycles. The number of aliphatic hydroxyl groups is 4. The van der Waals surface area contributed by atoms with Crippen LogP contribution >= 0.6 is 0 Å². The van der Waals surface area contributed by atoms with E-state index < -0.39 is 23.6 Å². The van der Waals surface area contributed by atoms with E-state index in [9.17, 15) is 30.0 Å². The molecule has 1 aromatic rings. The predicted octanol–water partition coefficient (Wildman–Crippen LogP) is -2.64. The van der Waals surface area contributed by atoms with Crippen LogP contribution < -0.4 is 10.6 Å². The smallest absolute Gasteiger partial charge is 0.275 e. The third-order valence-corrected chi connectivity index (χ3v) is 2.97. The summed E-state index contributed by atoms with van der Waals surface area (Å²) in [4.78, 5) is 22.9. The van der Waals surface area contributed by atoms with Gasteiger partial charge in [-0.3, -0.25) is 20.2 Å². The topological polar surface area (TPSA) is 139 Å². The van der Waals surface area contributed by atoms with Gasteiger partial charge in [-0.1, -0.05) is 0 Å². The van der Waals surface area contributed by atoms with Gasteiger partial charge >= 0.3 is 0 Å². The number of fused-ring (bicyclic) bond motifs is 2. The summed E-state index contributed by atoms with van der Waals surface area (Å²) in [6.07, 6.45) is 0. The van der Waals surface area contributed by atoms with E-state index >= 15 is 0 Å². The summed E-state index contributed by atoms with van der Waals surface area (Å²) in [6, 6.07) is 2.07. The summed E-state index contributed by atoms with van der Waals surface area (Å²) in [6.45, 7) is 0. The van der Waals surface area contributed by atoms with Crippen LogP contribution in [0, 0.1) is 0 Å². The number of rotatable bonds is 0. The number of hydrogen-bond donors (Lipinski definition) is 6. The molecule has 0 unspecified atom stereocenters. The highest BCUT2D eigenvalue weighted by molar-refractivity contribution is 6.05. The van der Waals surface area contributed by atoms with Crippen LogP contribution in [0.2, 0.25) is 0 Å². The monoisotopic (exact) mass is 252 g/mol. The lowest BCUT2D eigenvalue weighted by Crippen LogP contribution is -2.40. The molecule has 0 fully saturated rings. The standard InChI is InChI=1S/C10H8N2O6/c13-7-3-1-4-6(10(17,18)12-8(4)14)2-5(3)9(15,16)11-7/h1-2,15-18H,(H,11,13)(H,12,14). The number of hydrogen-bond acceptors (Lipinski definition) is 6. The second kappa shape index (κ2) is 2.87. The maximum Gasteiger partial charge on any atom is 0.275 e. The van der Waals surface area contributed by atoms with Crippen LogP contribution in [0.3, 0.4) is 0 Å². The van der Waals surface area contributed by atoms with E-state index in [1.165, 1.54) is 0 Å². The molecular formula is C10H8N2O6. The molecule has 0 radical (unpaired) electrons. The van der Waals surface area contributed by atoms with Crippen LogP contribution in [0.25, 0.3) is 0 Å². The second-order valence-electron chi connectivity index (χ2n) is 4.20. The lowest BCUT2D eigenvalue weighted by molar-refractivity contribution is -0.184. The van der Waals surface area contributed by atoms with Gasteiger partial charge in [0.05, 0.1) is 11.1 Å². The third kappa shape index (κ3) is 1.22. The van der Waals surface area contributed by atoms with Crippen molar-refractivity contribution in [3.8, 4) is 0 Å². The van der Waals surface area contributed by atoms with Crippen molar-refractivity contribution in [1.29, 1.82) is 0 Å². The number of carbonyl (C=O) groups excluding carboxylic acids is 2. The Morgan fingerprint density at radius 3 is 1.56 bits per heavy atom. The molecule has 0 bridgehead atoms. The molecule has 0 spiro atoms. The van der Waals surface area contributed by atoms with Crippen molar-refractivity contribution < 1.29 is 30.0 Å². The van der Waals surface area contributed by atoms with Gasteiger partial charge in [0.1, 0.15) is 0 Å². The van der Waals surface area contributed by atoms with Crippen LogP contribution in [-0.4, -0.2) is 32.2 Å². The first-order valence-corrected chi connectivity index (χ1v) is 4.96. The second-order valence-corrected chi connectivity index (χ2v) is 4.20. The van der Waals surface area contributed by atoms with Gasteiger partial charge in [0.2, 0.25) is 0 Å². The van der Waals surface area contributed by atoms with Gasteiger partial charge in [0, 0.05) is 11.1 Å². The molecule has 0 saturated carbocycles. The van der Waals surface area contributed by atoms with Crippen molar-refractivity contribution in [2.75, 3.05) is 0 Å². The maximum atomic E-state index is 11.5. The van der Waals surface area contributed by atoms with Gasteiger partial charge in [-0.15, -0.1) is 0 Å². The van der Waals surface area contributed by atoms with E-state index in [2.05, 4.69) is 0 Å². The summed E-state index contributed by atoms with van der Waals surface area (Å²) in [5.74, 6) is -6.72. The Kier molecular flexibility index (Phi) is 1.77. The Bertz CT molecular complexity index is 557. The molecule has 8 nitrogen and oxygen atoms in total. The molecule has 1 aromatic carbocycles. The molecule has 2 amide bonds. The Balaban J connectivity index is 2.31. The first kappa shape index (κ1) is 11.1. The number of benzene rings is 1. The fraction of sp³-hybridized carbons (Fsp3) is 0.200. The fourth-order valence-electron chi connectivity index (χ4n) is 2.14. The van der Waals surface area contributed by atoms with Crippen molar-refractivity contribution in [3.63, 3.8) is 0 Å². The molecule has 2 aliphatic heterocycles. The van der Waals surface area contributed by atoms with Crippen molar-refractivity contribution in [3.05, 3.63) is 34.4 Å². The van der Waals surface area contributed by atoms with E-state index in [0.717, 1.165) is 12.1 Å². The van der Waals surface area contributed by atoms with Crippen molar-refractivity contribution in [1.82, 2.24) is 10.6 Å². The van der Waals surface area contributed by atoms with E-state index in [1.807, 2.05) is 10.6 Å². The molecule has 94 valence electrons. The van der Waals surface area contributed by atoms with Gasteiger partial charge in [-0.05, 0) is 12.1 Å². The van der Waals surface area contributed by atoms with Gasteiger partial charge in [-0.2, -0.15) is 0 Å². The van der Waals surface area contributed by atoms with Crippen molar-refractivity contribution >= 4 is 11.8 Å². The van der Waals surface area contributed by atoms with Crippen LogP contribution in [0.4, 0.5) is 0 Å². The van der Waals surface area contributed by atoms with Gasteiger partial charge in [-0.25, -0.2) is 0 Å². The first-order valence-electron chi connectivity index (χ1n) is 4.96. The molecular weight excluding hydrogens is 244 g/mol. The maximum absolute atomic E-state index is 11.5. The molecule has 8 heteroatoms. The lowest BCUT2D eigenvalue weighted by Gasteiger charge is -2.19. The molecule has 18 heavy (non-hydrogen) atoms. The van der Waals surface area contributed by atoms with Crippen LogP contribution in [-0.2, 0) is 11.8 Å². The lowest BCUT2D eigenvalue weighted by atomic mass is 9.98. The fourth-order valence-corrected chi connectivity index (χ4v) is 2.14. The summed E-state index contributed by atoms with van der Waals surface area (Å²) < 4.78 is 0. The van der Waals surface area contributed by atoms with Crippen LogP contribution in [0.1, 0.15) is 31.8 Å². The quantitative estimate of drug-likeness (QED) is 0.279. The summed E-state index contributed by atoms with van der Waals surface area (Å²) in [5.41, 5.74) is -0.691. The summed E-state index contributed by atoms with van der Waals surface area (Å²) >= 11 is 0. The number of nitrogens with one attached hydrogen (secondary N) is 2. The number of amides is 2. The van der Waals surface area contributed by atoms with Crippen molar-refractivity contribution in [2.45, 2.75) is 11.8 Å². The molecule has 6 N–H and O–H groups in total. The van der Waals surface area contributed by atoms with Gasteiger partial charge in [0.15, 0.2) is 0 Å². The van der Waals surface area contributed by atoms with E-state index in [4.69, 9.17) is 0 Å². The van der Waals surface area contributed by atoms with Gasteiger partial charge in [0.25, 0.3) is 23.6 Å². The largest absolute Gasteiger partial charge is 0.345 e. The SMILES string of the molecule is O=C1NC(O)(O)c2cc3c(cc21)C(=O)NC3(O)O. The molecule has 0 saturated heterocycles. The van der Waals surface area contributed by atoms with Crippen LogP contribution in [0.5, 0.6) is 0 Å². The Hall–Kier alpha value is -2.00. The van der Waals surface area contributed by atoms with E-state index in [-0.39, 0.29) is 22.3 Å². The van der Waals surface area contributed by atoms with Crippen LogP contribution in [0.15, 0.2) is 12.1 Å². The zero-order valence-corrected chi connectivity index (χ0v) is 8.76. The summed E-state index contributed by atoms with van der Waals surface area (Å²) in [5, 5.41) is 41.9. The average molecular weight is 252 g/mol. The Labute approximate surface area is 99.5 Å². The highest BCUT2D eigenvalue weighted by atomic mass is 16.5. The average Bonchev–Trinajstić information content (AvgIpc) is 2.59. The Morgan fingerprint density at radius 2 is 1.17 bits per heavy atom. The predicted molar refractivity (Wildman–Crippen MR) is 53.6 cm³/mol. The summed E-state index contributed by atoms with van der Waals surface area (Å²) in [7, 11) is 0. The van der Waals surface area contributed by atoms with Crippen molar-refractivity contribution in [2.24, 2.45) is 0 Å². The normalized spacial score (nSPS) is 22.2. The minimum absolute atomic E-state index is 0.105. The van der Waals surface area contributed by atoms with E-state index in [1.54, 1.807) is 0 Å². The third-order valence-electron chi connectivity index (χ3n) is 2.97. The van der Waals surface area contributed by atoms with E-state index in [0.29, 0.717) is 0 Å².